The fourth-order valence-corrected chi connectivity index (χ4v) is 3.81. The second kappa shape index (κ2) is 7.40. The minimum Gasteiger partial charge on any atom is -0.342 e. The molecule has 1 fully saturated rings. The van der Waals surface area contributed by atoms with Gasteiger partial charge in [0.25, 0.3) is 5.91 Å². The summed E-state index contributed by atoms with van der Waals surface area (Å²) in [6.45, 7) is 8.32. The molecule has 134 valence electrons. The molecular weight excluding hydrogens is 312 g/mol. The second-order valence-electron chi connectivity index (χ2n) is 7.21. The zero-order chi connectivity index (χ0) is 18.0. The van der Waals surface area contributed by atoms with Gasteiger partial charge >= 0.3 is 0 Å². The molecule has 2 atom stereocenters. The lowest BCUT2D eigenvalue weighted by atomic mass is 9.92. The van der Waals surface area contributed by atoms with E-state index in [2.05, 4.69) is 16.5 Å². The maximum Gasteiger partial charge on any atom is 0.255 e. The van der Waals surface area contributed by atoms with E-state index >= 15 is 0 Å². The van der Waals surface area contributed by atoms with Crippen molar-refractivity contribution in [3.63, 3.8) is 0 Å². The van der Waals surface area contributed by atoms with E-state index in [-0.39, 0.29) is 11.9 Å². The Labute approximate surface area is 149 Å². The van der Waals surface area contributed by atoms with Gasteiger partial charge in [0.2, 0.25) is 0 Å². The maximum absolute atomic E-state index is 13.2. The number of nitrogens with zero attached hydrogens (tertiary/aromatic N) is 3. The second-order valence-corrected chi connectivity index (χ2v) is 7.21. The molecule has 0 spiro atoms. The number of pyridine rings is 1. The van der Waals surface area contributed by atoms with E-state index in [1.54, 1.807) is 6.20 Å². The molecule has 2 aromatic rings. The number of carbonyl (C=O) groups excluding carboxylic acids is 1. The molecule has 0 saturated carbocycles. The highest BCUT2D eigenvalue weighted by atomic mass is 16.2. The van der Waals surface area contributed by atoms with Crippen LogP contribution >= 0.6 is 0 Å². The van der Waals surface area contributed by atoms with Crippen molar-refractivity contribution in [2.75, 3.05) is 13.1 Å². The van der Waals surface area contributed by atoms with Gasteiger partial charge in [0, 0.05) is 36.7 Å². The number of aromatic nitrogens is 2. The van der Waals surface area contributed by atoms with Crippen molar-refractivity contribution < 1.29 is 4.79 Å². The van der Waals surface area contributed by atoms with Crippen LogP contribution in [0.1, 0.15) is 47.2 Å². The van der Waals surface area contributed by atoms with Gasteiger partial charge in [-0.2, -0.15) is 0 Å². The molecule has 2 aromatic heterocycles. The van der Waals surface area contributed by atoms with E-state index in [1.807, 2.05) is 43.0 Å². The van der Waals surface area contributed by atoms with Crippen LogP contribution in [0.25, 0.3) is 0 Å². The molecule has 5 nitrogen and oxygen atoms in total. The topological polar surface area (TPSA) is 64.2 Å². The van der Waals surface area contributed by atoms with Gasteiger partial charge in [-0.05, 0) is 50.8 Å². The van der Waals surface area contributed by atoms with Crippen LogP contribution in [0.2, 0.25) is 0 Å². The van der Waals surface area contributed by atoms with Crippen LogP contribution < -0.4 is 5.73 Å². The van der Waals surface area contributed by atoms with E-state index in [9.17, 15) is 4.79 Å². The largest absolute Gasteiger partial charge is 0.342 e. The van der Waals surface area contributed by atoms with E-state index < -0.39 is 0 Å². The number of carbonyl (C=O) groups is 1. The number of aryl methyl sites for hydroxylation is 1. The summed E-state index contributed by atoms with van der Waals surface area (Å²) in [5, 5.41) is 0. The predicted octanol–water partition coefficient (Wildman–Crippen LogP) is 2.75. The summed E-state index contributed by atoms with van der Waals surface area (Å²) in [6.07, 6.45) is 3.85. The first-order valence-corrected chi connectivity index (χ1v) is 9.09. The Balaban J connectivity index is 1.85. The number of amides is 1. The molecule has 0 bridgehead atoms. The fourth-order valence-electron chi connectivity index (χ4n) is 3.81. The molecule has 2 N–H and O–H groups in total. The number of nitrogens with two attached hydrogens (primary N) is 1. The summed E-state index contributed by atoms with van der Waals surface area (Å²) in [7, 11) is 0. The van der Waals surface area contributed by atoms with Crippen LogP contribution in [-0.4, -0.2) is 39.5 Å². The van der Waals surface area contributed by atoms with Gasteiger partial charge in [0.15, 0.2) is 0 Å². The minimum atomic E-state index is 0.114. The molecule has 0 aromatic carbocycles. The quantitative estimate of drug-likeness (QED) is 0.931. The lowest BCUT2D eigenvalue weighted by molar-refractivity contribution is 0.0573. The highest BCUT2D eigenvalue weighted by Gasteiger charge is 2.31. The maximum atomic E-state index is 13.2. The SMILES string of the molecule is Cc1cc(C(=O)N2CCC(C)CC2CN)c(C)n1Cc1ccccn1. The van der Waals surface area contributed by atoms with Crippen molar-refractivity contribution in [3.05, 3.63) is 53.1 Å². The summed E-state index contributed by atoms with van der Waals surface area (Å²) >= 11 is 0. The summed E-state index contributed by atoms with van der Waals surface area (Å²) < 4.78 is 2.17. The third-order valence-corrected chi connectivity index (χ3v) is 5.36. The minimum absolute atomic E-state index is 0.114. The third-order valence-electron chi connectivity index (χ3n) is 5.36. The molecule has 3 heterocycles. The Hall–Kier alpha value is -2.14. The molecule has 2 unspecified atom stereocenters. The van der Waals surface area contributed by atoms with Gasteiger partial charge in [-0.15, -0.1) is 0 Å². The highest BCUT2D eigenvalue weighted by Crippen LogP contribution is 2.26. The van der Waals surface area contributed by atoms with Crippen LogP contribution in [0.15, 0.2) is 30.5 Å². The Morgan fingerprint density at radius 2 is 2.16 bits per heavy atom. The van der Waals surface area contributed by atoms with Crippen molar-refractivity contribution in [3.8, 4) is 0 Å². The number of hydrogen-bond donors (Lipinski definition) is 1. The zero-order valence-electron chi connectivity index (χ0n) is 15.4. The van der Waals surface area contributed by atoms with Crippen LogP contribution in [0.3, 0.4) is 0 Å². The van der Waals surface area contributed by atoms with Crippen LogP contribution in [0.4, 0.5) is 0 Å². The monoisotopic (exact) mass is 340 g/mol. The third kappa shape index (κ3) is 3.61. The molecule has 1 amide bonds. The first-order chi connectivity index (χ1) is 12.0. The first kappa shape index (κ1) is 17.7. The van der Waals surface area contributed by atoms with Crippen molar-refractivity contribution >= 4 is 5.91 Å². The average molecular weight is 340 g/mol. The number of hydrogen-bond acceptors (Lipinski definition) is 3. The van der Waals surface area contributed by atoms with E-state index in [4.69, 9.17) is 5.73 Å². The van der Waals surface area contributed by atoms with Crippen molar-refractivity contribution in [2.45, 2.75) is 46.2 Å². The van der Waals surface area contributed by atoms with E-state index in [1.165, 1.54) is 0 Å². The Kier molecular flexibility index (Phi) is 5.23. The van der Waals surface area contributed by atoms with Crippen molar-refractivity contribution in [2.24, 2.45) is 11.7 Å². The molecule has 1 aliphatic rings. The molecular formula is C20H28N4O. The van der Waals surface area contributed by atoms with Crippen LogP contribution in [0, 0.1) is 19.8 Å². The van der Waals surface area contributed by atoms with Crippen LogP contribution in [-0.2, 0) is 6.54 Å². The highest BCUT2D eigenvalue weighted by molar-refractivity contribution is 5.96. The van der Waals surface area contributed by atoms with Gasteiger partial charge in [-0.1, -0.05) is 13.0 Å². The molecule has 1 aliphatic heterocycles. The van der Waals surface area contributed by atoms with Gasteiger partial charge in [-0.3, -0.25) is 9.78 Å². The van der Waals surface area contributed by atoms with Gasteiger partial charge in [0.05, 0.1) is 17.8 Å². The summed E-state index contributed by atoms with van der Waals surface area (Å²) in [4.78, 5) is 19.5. The smallest absolute Gasteiger partial charge is 0.255 e. The van der Waals surface area contributed by atoms with Crippen molar-refractivity contribution in [1.29, 1.82) is 0 Å². The summed E-state index contributed by atoms with van der Waals surface area (Å²) in [5.74, 6) is 0.747. The Morgan fingerprint density at radius 3 is 2.84 bits per heavy atom. The zero-order valence-corrected chi connectivity index (χ0v) is 15.4. The molecule has 3 rings (SSSR count). The predicted molar refractivity (Wildman–Crippen MR) is 99.5 cm³/mol. The lowest BCUT2D eigenvalue weighted by Gasteiger charge is -2.38. The first-order valence-electron chi connectivity index (χ1n) is 9.09. The average Bonchev–Trinajstić information content (AvgIpc) is 2.90. The van der Waals surface area contributed by atoms with Gasteiger partial charge in [0.1, 0.15) is 0 Å². The Morgan fingerprint density at radius 1 is 1.36 bits per heavy atom. The standard InChI is InChI=1S/C20H28N4O/c1-14-7-9-23(18(10-14)12-21)20(25)19-11-15(2)24(16(19)3)13-17-6-4-5-8-22-17/h4-6,8,11,14,18H,7,9-10,12-13,21H2,1-3H3. The van der Waals surface area contributed by atoms with Gasteiger partial charge in [-0.25, -0.2) is 0 Å². The van der Waals surface area contributed by atoms with E-state index in [0.29, 0.717) is 19.0 Å². The lowest BCUT2D eigenvalue weighted by Crippen LogP contribution is -2.49. The fraction of sp³-hybridized carbons (Fsp3) is 0.500. The molecule has 0 radical (unpaired) electrons. The van der Waals surface area contributed by atoms with Crippen molar-refractivity contribution in [1.82, 2.24) is 14.5 Å². The van der Waals surface area contributed by atoms with E-state index in [0.717, 1.165) is 42.0 Å². The van der Waals surface area contributed by atoms with Crippen LogP contribution in [0.5, 0.6) is 0 Å². The number of piperidine rings is 1. The molecule has 25 heavy (non-hydrogen) atoms. The normalized spacial score (nSPS) is 20.7. The summed E-state index contributed by atoms with van der Waals surface area (Å²) in [5.41, 5.74) is 9.81. The molecule has 5 heteroatoms. The number of likely N-dealkylation sites (tertiary alicyclic amines) is 1. The molecule has 1 saturated heterocycles. The van der Waals surface area contributed by atoms with Gasteiger partial charge < -0.3 is 15.2 Å². The summed E-state index contributed by atoms with van der Waals surface area (Å²) in [6, 6.07) is 8.07. The molecule has 0 aliphatic carbocycles. The Bertz CT molecular complexity index is 738. The number of rotatable bonds is 4.